The molecule has 0 saturated carbocycles. The second-order valence-electron chi connectivity index (χ2n) is 8.82. The van der Waals surface area contributed by atoms with E-state index in [4.69, 9.17) is 4.74 Å². The lowest BCUT2D eigenvalue weighted by atomic mass is 9.89. The Morgan fingerprint density at radius 1 is 0.838 bits per heavy atom. The molecule has 3 nitrogen and oxygen atoms in total. The Labute approximate surface area is 211 Å². The van der Waals surface area contributed by atoms with Crippen LogP contribution in [0.1, 0.15) is 27.8 Å². The van der Waals surface area contributed by atoms with Crippen LogP contribution in [0.3, 0.4) is 0 Å². The van der Waals surface area contributed by atoms with Gasteiger partial charge in [0.05, 0.1) is 11.3 Å². The van der Waals surface area contributed by atoms with Crippen molar-refractivity contribution in [1.29, 1.82) is 0 Å². The Morgan fingerprint density at radius 3 is 2.38 bits per heavy atom. The van der Waals surface area contributed by atoms with Crippen LogP contribution in [0.15, 0.2) is 108 Å². The Bertz CT molecular complexity index is 1650. The fraction of sp³-hybridized carbons (Fsp3) is 0.0645. The molecule has 0 saturated heterocycles. The van der Waals surface area contributed by atoms with Gasteiger partial charge in [0.25, 0.3) is 0 Å². The van der Waals surface area contributed by atoms with Gasteiger partial charge >= 0.3 is 6.18 Å². The molecular weight excluding hydrogens is 473 g/mol. The molecule has 4 aromatic carbocycles. The normalized spacial score (nSPS) is 14.1. The summed E-state index contributed by atoms with van der Waals surface area (Å²) >= 11 is 0. The van der Waals surface area contributed by atoms with Crippen LogP contribution < -0.4 is 4.74 Å². The number of fused-ring (bicyclic) bond motifs is 2. The number of aromatic nitrogens is 1. The predicted molar refractivity (Wildman–Crippen MR) is 141 cm³/mol. The zero-order chi connectivity index (χ0) is 25.4. The van der Waals surface area contributed by atoms with Crippen molar-refractivity contribution in [1.82, 2.24) is 4.98 Å². The van der Waals surface area contributed by atoms with Crippen LogP contribution in [-0.2, 0) is 12.8 Å². The highest BCUT2D eigenvalue weighted by Crippen LogP contribution is 2.42. The summed E-state index contributed by atoms with van der Waals surface area (Å²) in [5.74, 6) is 0.723. The number of H-pyrrole nitrogens is 1. The van der Waals surface area contributed by atoms with Crippen molar-refractivity contribution in [2.24, 2.45) is 4.99 Å². The van der Waals surface area contributed by atoms with Gasteiger partial charge in [0.1, 0.15) is 12.4 Å². The van der Waals surface area contributed by atoms with Gasteiger partial charge in [-0.1, -0.05) is 60.7 Å². The number of rotatable bonds is 5. The molecule has 0 aliphatic carbocycles. The summed E-state index contributed by atoms with van der Waals surface area (Å²) in [4.78, 5) is 7.87. The van der Waals surface area contributed by atoms with Crippen LogP contribution in [0.2, 0.25) is 0 Å². The molecule has 1 N–H and O–H groups in total. The number of halogens is 3. The average Bonchev–Trinajstić information content (AvgIpc) is 3.53. The van der Waals surface area contributed by atoms with Crippen LogP contribution in [-0.4, -0.2) is 11.2 Å². The number of nitrogens with zero attached hydrogens (tertiary/aromatic N) is 1. The van der Waals surface area contributed by atoms with Gasteiger partial charge in [0.2, 0.25) is 0 Å². The van der Waals surface area contributed by atoms with Crippen molar-refractivity contribution < 1.29 is 17.9 Å². The number of allylic oxidation sites excluding steroid dienone is 1. The van der Waals surface area contributed by atoms with Gasteiger partial charge in [0, 0.05) is 51.7 Å². The largest absolute Gasteiger partial charge is 0.489 e. The fourth-order valence-electron chi connectivity index (χ4n) is 4.64. The Kier molecular flexibility index (Phi) is 5.64. The number of para-hydroxylation sites is 1. The first-order chi connectivity index (χ1) is 18.0. The van der Waals surface area contributed by atoms with E-state index in [1.807, 2.05) is 79.0 Å². The standard InChI is InChI=1S/C31H21F3N2O/c32-31(33,34)22-12-10-21(11-13-22)30(26-17-35-28-9-5-4-8-24(26)28)27-18-36-29-16-23(14-15-25(27)29)37-19-20-6-2-1-3-7-20/h1-18,36H,19H2/b30-26+. The van der Waals surface area contributed by atoms with Crippen molar-refractivity contribution in [2.75, 3.05) is 0 Å². The van der Waals surface area contributed by atoms with Crippen molar-refractivity contribution in [3.63, 3.8) is 0 Å². The number of hydrogen-bond donors (Lipinski definition) is 1. The van der Waals surface area contributed by atoms with Crippen LogP contribution >= 0.6 is 0 Å². The third-order valence-electron chi connectivity index (χ3n) is 6.47. The molecule has 1 aliphatic heterocycles. The Balaban J connectivity index is 1.44. The van der Waals surface area contributed by atoms with E-state index in [-0.39, 0.29) is 0 Å². The van der Waals surface area contributed by atoms with E-state index in [9.17, 15) is 13.2 Å². The van der Waals surface area contributed by atoms with E-state index in [0.717, 1.165) is 62.3 Å². The molecule has 37 heavy (non-hydrogen) atoms. The molecule has 0 unspecified atom stereocenters. The molecule has 2 heterocycles. The molecule has 182 valence electrons. The number of hydrogen-bond acceptors (Lipinski definition) is 2. The van der Waals surface area contributed by atoms with Crippen molar-refractivity contribution >= 4 is 34.0 Å². The smallest absolute Gasteiger partial charge is 0.416 e. The fourth-order valence-corrected chi connectivity index (χ4v) is 4.64. The minimum absolute atomic E-state index is 0.452. The Hall–Kier alpha value is -4.58. The van der Waals surface area contributed by atoms with Gasteiger partial charge in [-0.25, -0.2) is 0 Å². The summed E-state index contributed by atoms with van der Waals surface area (Å²) in [7, 11) is 0. The lowest BCUT2D eigenvalue weighted by Gasteiger charge is -2.14. The molecule has 0 fully saturated rings. The maximum Gasteiger partial charge on any atom is 0.416 e. The molecule has 0 bridgehead atoms. The maximum atomic E-state index is 13.3. The molecule has 0 radical (unpaired) electrons. The monoisotopic (exact) mass is 494 g/mol. The van der Waals surface area contributed by atoms with Gasteiger partial charge < -0.3 is 9.72 Å². The number of aliphatic imine (C=N–C) groups is 1. The number of alkyl halides is 3. The summed E-state index contributed by atoms with van der Waals surface area (Å²) in [5.41, 5.74) is 6.26. The van der Waals surface area contributed by atoms with Crippen LogP contribution in [0.4, 0.5) is 18.9 Å². The average molecular weight is 495 g/mol. The maximum absolute atomic E-state index is 13.3. The second kappa shape index (κ2) is 9.13. The molecule has 6 rings (SSSR count). The van der Waals surface area contributed by atoms with Crippen molar-refractivity contribution in [3.8, 4) is 5.75 Å². The van der Waals surface area contributed by atoms with Gasteiger partial charge in [0.15, 0.2) is 0 Å². The zero-order valence-electron chi connectivity index (χ0n) is 19.6. The zero-order valence-corrected chi connectivity index (χ0v) is 19.6. The third-order valence-corrected chi connectivity index (χ3v) is 6.47. The topological polar surface area (TPSA) is 37.4 Å². The van der Waals surface area contributed by atoms with Crippen LogP contribution in [0, 0.1) is 0 Å². The summed E-state index contributed by atoms with van der Waals surface area (Å²) in [6.07, 6.45) is -0.724. The van der Waals surface area contributed by atoms with Crippen LogP contribution in [0.5, 0.6) is 5.75 Å². The number of ether oxygens (including phenoxy) is 1. The second-order valence-corrected chi connectivity index (χ2v) is 8.82. The first kappa shape index (κ1) is 22.9. The molecule has 0 spiro atoms. The lowest BCUT2D eigenvalue weighted by molar-refractivity contribution is -0.137. The summed E-state index contributed by atoms with van der Waals surface area (Å²) in [6.45, 7) is 0.452. The molecule has 5 aromatic rings. The van der Waals surface area contributed by atoms with E-state index in [0.29, 0.717) is 12.2 Å². The molecule has 0 atom stereocenters. The van der Waals surface area contributed by atoms with E-state index < -0.39 is 11.7 Å². The predicted octanol–water partition coefficient (Wildman–Crippen LogP) is 8.44. The molecule has 1 aromatic heterocycles. The SMILES string of the molecule is FC(F)(F)c1ccc(/C(=C2/C=Nc3ccccc32)c2c[nH]c3cc(OCc4ccccc4)ccc23)cc1. The van der Waals surface area contributed by atoms with E-state index >= 15 is 0 Å². The van der Waals surface area contributed by atoms with Crippen molar-refractivity contribution in [3.05, 3.63) is 131 Å². The highest BCUT2D eigenvalue weighted by atomic mass is 19.4. The lowest BCUT2D eigenvalue weighted by Crippen LogP contribution is -2.04. The molecule has 0 amide bonds. The summed E-state index contributed by atoms with van der Waals surface area (Å²) in [5, 5.41) is 0.937. The highest BCUT2D eigenvalue weighted by Gasteiger charge is 2.30. The van der Waals surface area contributed by atoms with E-state index in [1.165, 1.54) is 12.1 Å². The molecular formula is C31H21F3N2O. The third kappa shape index (κ3) is 4.42. The summed E-state index contributed by atoms with van der Waals surface area (Å²) in [6, 6.07) is 28.8. The first-order valence-corrected chi connectivity index (χ1v) is 11.8. The Morgan fingerprint density at radius 2 is 1.59 bits per heavy atom. The minimum atomic E-state index is -4.40. The van der Waals surface area contributed by atoms with E-state index in [2.05, 4.69) is 9.98 Å². The van der Waals surface area contributed by atoms with Gasteiger partial charge in [-0.15, -0.1) is 0 Å². The number of benzene rings is 4. The van der Waals surface area contributed by atoms with Crippen LogP contribution in [0.25, 0.3) is 22.0 Å². The van der Waals surface area contributed by atoms with Crippen molar-refractivity contribution in [2.45, 2.75) is 12.8 Å². The molecule has 1 aliphatic rings. The quantitative estimate of drug-likeness (QED) is 0.262. The highest BCUT2D eigenvalue weighted by molar-refractivity contribution is 6.27. The number of aromatic amines is 1. The van der Waals surface area contributed by atoms with Gasteiger partial charge in [-0.2, -0.15) is 13.2 Å². The van der Waals surface area contributed by atoms with Gasteiger partial charge in [-0.3, -0.25) is 4.99 Å². The van der Waals surface area contributed by atoms with Gasteiger partial charge in [-0.05, 0) is 41.5 Å². The first-order valence-electron chi connectivity index (χ1n) is 11.8. The van der Waals surface area contributed by atoms with E-state index in [1.54, 1.807) is 6.21 Å². The summed E-state index contributed by atoms with van der Waals surface area (Å²) < 4.78 is 45.8. The minimum Gasteiger partial charge on any atom is -0.489 e. The molecule has 6 heteroatoms. The number of nitrogens with one attached hydrogen (secondary N) is 1.